The molecule has 0 unspecified atom stereocenters. The first-order valence-corrected chi connectivity index (χ1v) is 6.63. The number of hydrogen-bond donors (Lipinski definition) is 2. The summed E-state index contributed by atoms with van der Waals surface area (Å²) < 4.78 is 0. The number of amides is 1. The zero-order valence-corrected chi connectivity index (χ0v) is 11.6. The molecule has 0 radical (unpaired) electrons. The zero-order chi connectivity index (χ0) is 14.4. The number of hydrogen-bond acceptors (Lipinski definition) is 4. The lowest BCUT2D eigenvalue weighted by Gasteiger charge is -2.13. The van der Waals surface area contributed by atoms with Crippen LogP contribution in [-0.2, 0) is 9.59 Å². The van der Waals surface area contributed by atoms with E-state index in [0.29, 0.717) is 15.5 Å². The van der Waals surface area contributed by atoms with Crippen molar-refractivity contribution in [3.8, 4) is 6.07 Å². The van der Waals surface area contributed by atoms with E-state index in [1.165, 1.54) is 6.92 Å². The molecule has 1 aromatic carbocycles. The fraction of sp³-hybridized carbons (Fsp3) is 0.250. The lowest BCUT2D eigenvalue weighted by atomic mass is 10.2. The van der Waals surface area contributed by atoms with Gasteiger partial charge in [0.1, 0.15) is 12.1 Å². The van der Waals surface area contributed by atoms with E-state index < -0.39 is 17.9 Å². The summed E-state index contributed by atoms with van der Waals surface area (Å²) in [5, 5.41) is 20.6. The van der Waals surface area contributed by atoms with Gasteiger partial charge >= 0.3 is 5.97 Å². The standard InChI is InChI=1S/C12H11ClN2O3S/c1-7(16)15-10(12(17)18)6-19-11-4-2-3-9(13)8(11)5-14/h2-4,10H,6H2,1H3,(H,15,16)(H,17,18)/t10-/m0/s1. The van der Waals surface area contributed by atoms with Crippen LogP contribution in [-0.4, -0.2) is 28.8 Å². The molecule has 2 N–H and O–H groups in total. The summed E-state index contributed by atoms with van der Waals surface area (Å²) in [5.41, 5.74) is 0.307. The van der Waals surface area contributed by atoms with Gasteiger partial charge in [0.2, 0.25) is 5.91 Å². The smallest absolute Gasteiger partial charge is 0.327 e. The van der Waals surface area contributed by atoms with Gasteiger partial charge < -0.3 is 10.4 Å². The minimum atomic E-state index is -1.12. The molecule has 19 heavy (non-hydrogen) atoms. The molecule has 0 saturated heterocycles. The number of rotatable bonds is 5. The Kier molecular flexibility index (Phi) is 5.67. The normalized spacial score (nSPS) is 11.4. The molecule has 0 heterocycles. The fourth-order valence-electron chi connectivity index (χ4n) is 1.33. The summed E-state index contributed by atoms with van der Waals surface area (Å²) in [6.45, 7) is 1.25. The Labute approximate surface area is 119 Å². The highest BCUT2D eigenvalue weighted by atomic mass is 35.5. The summed E-state index contributed by atoms with van der Waals surface area (Å²) in [6.07, 6.45) is 0. The number of nitriles is 1. The van der Waals surface area contributed by atoms with Gasteiger partial charge in [-0.1, -0.05) is 17.7 Å². The molecule has 100 valence electrons. The van der Waals surface area contributed by atoms with E-state index in [1.54, 1.807) is 18.2 Å². The molecule has 0 fully saturated rings. The Morgan fingerprint density at radius 3 is 2.79 bits per heavy atom. The highest BCUT2D eigenvalue weighted by molar-refractivity contribution is 7.99. The average molecular weight is 299 g/mol. The molecular formula is C12H11ClN2O3S. The number of nitrogens with one attached hydrogen (secondary N) is 1. The predicted molar refractivity (Wildman–Crippen MR) is 72.1 cm³/mol. The second kappa shape index (κ2) is 7.02. The van der Waals surface area contributed by atoms with Crippen molar-refractivity contribution in [2.75, 3.05) is 5.75 Å². The summed E-state index contributed by atoms with van der Waals surface area (Å²) in [5.74, 6) is -1.42. The van der Waals surface area contributed by atoms with E-state index in [-0.39, 0.29) is 5.75 Å². The van der Waals surface area contributed by atoms with Gasteiger partial charge in [-0.3, -0.25) is 4.79 Å². The van der Waals surface area contributed by atoms with Crippen LogP contribution in [0.4, 0.5) is 0 Å². The van der Waals surface area contributed by atoms with E-state index in [9.17, 15) is 9.59 Å². The first kappa shape index (κ1) is 15.3. The molecule has 0 spiro atoms. The third-order valence-corrected chi connectivity index (χ3v) is 3.63. The molecule has 5 nitrogen and oxygen atoms in total. The number of carbonyl (C=O) groups is 2. The second-order valence-corrected chi connectivity index (χ2v) is 5.10. The van der Waals surface area contributed by atoms with Crippen molar-refractivity contribution < 1.29 is 14.7 Å². The van der Waals surface area contributed by atoms with Crippen LogP contribution < -0.4 is 5.32 Å². The highest BCUT2D eigenvalue weighted by Crippen LogP contribution is 2.28. The number of halogens is 1. The third-order valence-electron chi connectivity index (χ3n) is 2.17. The van der Waals surface area contributed by atoms with Crippen molar-refractivity contribution in [3.05, 3.63) is 28.8 Å². The summed E-state index contributed by atoms with van der Waals surface area (Å²) >= 11 is 7.03. The molecule has 0 aromatic heterocycles. The molecule has 0 aliphatic carbocycles. The summed E-state index contributed by atoms with van der Waals surface area (Å²) in [4.78, 5) is 22.4. The molecule has 0 bridgehead atoms. The molecule has 0 saturated carbocycles. The van der Waals surface area contributed by atoms with Crippen LogP contribution in [0.1, 0.15) is 12.5 Å². The van der Waals surface area contributed by atoms with Crippen LogP contribution in [0.5, 0.6) is 0 Å². The lowest BCUT2D eigenvalue weighted by molar-refractivity contribution is -0.140. The Bertz CT molecular complexity index is 542. The number of carbonyl (C=O) groups excluding carboxylic acids is 1. The van der Waals surface area contributed by atoms with E-state index >= 15 is 0 Å². The van der Waals surface area contributed by atoms with Crippen LogP contribution in [0, 0.1) is 11.3 Å². The zero-order valence-electron chi connectivity index (χ0n) is 10.0. The van der Waals surface area contributed by atoms with Gasteiger partial charge in [-0.25, -0.2) is 4.79 Å². The average Bonchev–Trinajstić information content (AvgIpc) is 2.33. The number of carboxylic acids is 1. The SMILES string of the molecule is CC(=O)N[C@@H](CSc1cccc(Cl)c1C#N)C(=O)O. The van der Waals surface area contributed by atoms with Crippen molar-refractivity contribution in [3.63, 3.8) is 0 Å². The van der Waals surface area contributed by atoms with Gasteiger partial charge in [0.25, 0.3) is 0 Å². The van der Waals surface area contributed by atoms with Crippen LogP contribution in [0.25, 0.3) is 0 Å². The Balaban J connectivity index is 2.80. The third kappa shape index (κ3) is 4.47. The Hall–Kier alpha value is -1.71. The molecule has 7 heteroatoms. The molecule has 1 aromatic rings. The van der Waals surface area contributed by atoms with E-state index in [1.807, 2.05) is 6.07 Å². The quantitative estimate of drug-likeness (QED) is 0.810. The Morgan fingerprint density at radius 2 is 2.26 bits per heavy atom. The molecule has 0 aliphatic rings. The van der Waals surface area contributed by atoms with E-state index in [2.05, 4.69) is 5.32 Å². The Morgan fingerprint density at radius 1 is 1.58 bits per heavy atom. The summed E-state index contributed by atoms with van der Waals surface area (Å²) in [7, 11) is 0. The first-order valence-electron chi connectivity index (χ1n) is 5.27. The minimum Gasteiger partial charge on any atom is -0.480 e. The van der Waals surface area contributed by atoms with E-state index in [4.69, 9.17) is 22.0 Å². The molecule has 1 atom stereocenters. The number of carboxylic acid groups (broad SMARTS) is 1. The van der Waals surface area contributed by atoms with Crippen molar-refractivity contribution >= 4 is 35.2 Å². The van der Waals surface area contributed by atoms with Gasteiger partial charge in [0.15, 0.2) is 0 Å². The first-order chi connectivity index (χ1) is 8.95. The summed E-state index contributed by atoms with van der Waals surface area (Å²) in [6, 6.07) is 5.92. The largest absolute Gasteiger partial charge is 0.480 e. The van der Waals surface area contributed by atoms with Crippen LogP contribution >= 0.6 is 23.4 Å². The van der Waals surface area contributed by atoms with Crippen molar-refractivity contribution in [2.45, 2.75) is 17.9 Å². The van der Waals surface area contributed by atoms with Crippen molar-refractivity contribution in [1.29, 1.82) is 5.26 Å². The molecule has 1 rings (SSSR count). The molecule has 1 amide bonds. The molecular weight excluding hydrogens is 288 g/mol. The van der Waals surface area contributed by atoms with Gasteiger partial charge in [-0.05, 0) is 12.1 Å². The van der Waals surface area contributed by atoms with Crippen LogP contribution in [0.15, 0.2) is 23.1 Å². The predicted octanol–water partition coefficient (Wildman–Crippen LogP) is 1.89. The van der Waals surface area contributed by atoms with Gasteiger partial charge in [0, 0.05) is 17.6 Å². The number of benzene rings is 1. The number of nitrogens with zero attached hydrogens (tertiary/aromatic N) is 1. The van der Waals surface area contributed by atoms with Crippen LogP contribution in [0.2, 0.25) is 5.02 Å². The number of thioether (sulfide) groups is 1. The van der Waals surface area contributed by atoms with Crippen molar-refractivity contribution in [1.82, 2.24) is 5.32 Å². The molecule has 0 aliphatic heterocycles. The number of aliphatic carboxylic acids is 1. The van der Waals surface area contributed by atoms with Gasteiger partial charge in [-0.2, -0.15) is 5.26 Å². The second-order valence-electron chi connectivity index (χ2n) is 3.63. The van der Waals surface area contributed by atoms with Crippen LogP contribution in [0.3, 0.4) is 0 Å². The fourth-order valence-corrected chi connectivity index (χ4v) is 2.65. The highest BCUT2D eigenvalue weighted by Gasteiger charge is 2.19. The maximum Gasteiger partial charge on any atom is 0.327 e. The van der Waals surface area contributed by atoms with Gasteiger partial charge in [0.05, 0.1) is 10.6 Å². The van der Waals surface area contributed by atoms with E-state index in [0.717, 1.165) is 11.8 Å². The maximum atomic E-state index is 11.0. The maximum absolute atomic E-state index is 11.0. The topological polar surface area (TPSA) is 90.2 Å². The van der Waals surface area contributed by atoms with Crippen molar-refractivity contribution in [2.24, 2.45) is 0 Å². The minimum absolute atomic E-state index is 0.115. The lowest BCUT2D eigenvalue weighted by Crippen LogP contribution is -2.41. The monoisotopic (exact) mass is 298 g/mol. The van der Waals surface area contributed by atoms with Gasteiger partial charge in [-0.15, -0.1) is 11.8 Å².